The number of alkyl halides is 3. The van der Waals surface area contributed by atoms with Crippen LogP contribution in [0, 0.1) is 5.92 Å². The molecule has 0 bridgehead atoms. The zero-order chi connectivity index (χ0) is 24.6. The Hall–Kier alpha value is -3.11. The van der Waals surface area contributed by atoms with Crippen LogP contribution in [0.25, 0.3) is 0 Å². The molecular formula is C23H21ClF3N3O4. The number of hydrogen-bond acceptors (Lipinski definition) is 5. The number of amides is 3. The van der Waals surface area contributed by atoms with Crippen LogP contribution in [0.4, 0.5) is 24.5 Å². The summed E-state index contributed by atoms with van der Waals surface area (Å²) in [6.45, 7) is 0.708. The summed E-state index contributed by atoms with van der Waals surface area (Å²) in [6, 6.07) is 8.04. The molecule has 2 fully saturated rings. The van der Waals surface area contributed by atoms with Gasteiger partial charge >= 0.3 is 6.18 Å². The maximum absolute atomic E-state index is 13.1. The van der Waals surface area contributed by atoms with Crippen molar-refractivity contribution in [3.8, 4) is 5.75 Å². The maximum Gasteiger partial charge on any atom is 0.416 e. The molecule has 1 atom stereocenters. The highest BCUT2D eigenvalue weighted by Gasteiger charge is 2.45. The minimum absolute atomic E-state index is 0.0447. The topological polar surface area (TPSA) is 89.9 Å². The summed E-state index contributed by atoms with van der Waals surface area (Å²) >= 11 is 6.03. The fourth-order valence-electron chi connectivity index (χ4n) is 4.30. The molecule has 180 valence electrons. The summed E-state index contributed by atoms with van der Waals surface area (Å²) in [4.78, 5) is 40.7. The SMILES string of the molecule is O=C(Nc1ccccc1O)C1CCN(C2CC(=O)N(c3cc(C(F)(F)F)ccc3Cl)C2=O)CC1. The van der Waals surface area contributed by atoms with Crippen LogP contribution >= 0.6 is 11.6 Å². The van der Waals surface area contributed by atoms with Crippen LogP contribution in [0.5, 0.6) is 5.75 Å². The monoisotopic (exact) mass is 495 g/mol. The standard InChI is InChI=1S/C23H21ClF3N3O4/c24-15-6-5-14(23(25,26)27)11-17(15)30-20(32)12-18(22(30)34)29-9-7-13(8-10-29)21(33)28-16-3-1-2-4-19(16)31/h1-6,11,13,18,31H,7-10,12H2,(H,28,33). The van der Waals surface area contributed by atoms with Crippen LogP contribution in [0.2, 0.25) is 5.02 Å². The summed E-state index contributed by atoms with van der Waals surface area (Å²) in [5.74, 6) is -1.92. The summed E-state index contributed by atoms with van der Waals surface area (Å²) in [5.41, 5.74) is -0.988. The van der Waals surface area contributed by atoms with Crippen LogP contribution in [-0.2, 0) is 20.6 Å². The third-order valence-electron chi connectivity index (χ3n) is 6.14. The molecule has 0 spiro atoms. The van der Waals surface area contributed by atoms with E-state index in [1.54, 1.807) is 23.1 Å². The molecule has 34 heavy (non-hydrogen) atoms. The third-order valence-corrected chi connectivity index (χ3v) is 6.46. The highest BCUT2D eigenvalue weighted by atomic mass is 35.5. The zero-order valence-electron chi connectivity index (χ0n) is 17.8. The first-order chi connectivity index (χ1) is 16.1. The van der Waals surface area contributed by atoms with Crippen molar-refractivity contribution in [3.05, 3.63) is 53.1 Å². The van der Waals surface area contributed by atoms with Crippen molar-refractivity contribution in [1.82, 2.24) is 4.90 Å². The van der Waals surface area contributed by atoms with E-state index < -0.39 is 29.6 Å². The second-order valence-electron chi connectivity index (χ2n) is 8.27. The lowest BCUT2D eigenvalue weighted by atomic mass is 9.94. The quantitative estimate of drug-likeness (QED) is 0.493. The van der Waals surface area contributed by atoms with Crippen LogP contribution < -0.4 is 10.2 Å². The Morgan fingerprint density at radius 1 is 1.09 bits per heavy atom. The van der Waals surface area contributed by atoms with Gasteiger partial charge in [0.1, 0.15) is 5.75 Å². The lowest BCUT2D eigenvalue weighted by Crippen LogP contribution is -2.47. The molecule has 2 aliphatic heterocycles. The van der Waals surface area contributed by atoms with E-state index in [4.69, 9.17) is 11.6 Å². The molecule has 3 amide bonds. The van der Waals surface area contributed by atoms with Gasteiger partial charge in [-0.25, -0.2) is 4.90 Å². The Morgan fingerprint density at radius 2 is 1.76 bits per heavy atom. The number of rotatable bonds is 4. The van der Waals surface area contributed by atoms with E-state index in [0.717, 1.165) is 17.0 Å². The van der Waals surface area contributed by atoms with Crippen molar-refractivity contribution in [2.24, 2.45) is 5.92 Å². The second kappa shape index (κ2) is 9.27. The van der Waals surface area contributed by atoms with E-state index in [0.29, 0.717) is 37.7 Å². The maximum atomic E-state index is 13.1. The second-order valence-corrected chi connectivity index (χ2v) is 8.68. The molecule has 11 heteroatoms. The third kappa shape index (κ3) is 4.74. The Morgan fingerprint density at radius 3 is 2.41 bits per heavy atom. The largest absolute Gasteiger partial charge is 0.506 e. The summed E-state index contributed by atoms with van der Waals surface area (Å²) < 4.78 is 39.4. The first-order valence-electron chi connectivity index (χ1n) is 10.6. The molecule has 0 aliphatic carbocycles. The molecule has 0 radical (unpaired) electrons. The summed E-state index contributed by atoms with van der Waals surface area (Å²) in [6.07, 6.45) is -3.99. The molecule has 4 rings (SSSR count). The van der Waals surface area contributed by atoms with Gasteiger partial charge in [0.2, 0.25) is 11.8 Å². The number of aromatic hydroxyl groups is 1. The predicted octanol–water partition coefficient (Wildman–Crippen LogP) is 4.05. The number of phenolic OH excluding ortho intramolecular Hbond substituents is 1. The number of piperidine rings is 1. The molecule has 2 aromatic carbocycles. The average Bonchev–Trinajstić information content (AvgIpc) is 3.09. The Kier molecular flexibility index (Phi) is 6.55. The highest BCUT2D eigenvalue weighted by Crippen LogP contribution is 2.38. The van der Waals surface area contributed by atoms with Crippen LogP contribution in [0.15, 0.2) is 42.5 Å². The molecular weight excluding hydrogens is 475 g/mol. The zero-order valence-corrected chi connectivity index (χ0v) is 18.6. The average molecular weight is 496 g/mol. The molecule has 2 saturated heterocycles. The van der Waals surface area contributed by atoms with Crippen molar-refractivity contribution < 1.29 is 32.7 Å². The molecule has 2 heterocycles. The number of carbonyl (C=O) groups is 3. The van der Waals surface area contributed by atoms with E-state index in [2.05, 4.69) is 5.32 Å². The predicted molar refractivity (Wildman–Crippen MR) is 118 cm³/mol. The molecule has 2 aromatic rings. The summed E-state index contributed by atoms with van der Waals surface area (Å²) in [5, 5.41) is 12.4. The van der Waals surface area contributed by atoms with Crippen molar-refractivity contribution in [3.63, 3.8) is 0 Å². The molecule has 1 unspecified atom stereocenters. The Balaban J connectivity index is 1.42. The van der Waals surface area contributed by atoms with E-state index >= 15 is 0 Å². The van der Waals surface area contributed by atoms with Crippen molar-refractivity contribution >= 4 is 40.7 Å². The van der Waals surface area contributed by atoms with Gasteiger partial charge in [-0.15, -0.1) is 0 Å². The van der Waals surface area contributed by atoms with Crippen LogP contribution in [-0.4, -0.2) is 46.9 Å². The number of likely N-dealkylation sites (tertiary alicyclic amines) is 1. The van der Waals surface area contributed by atoms with Crippen molar-refractivity contribution in [2.75, 3.05) is 23.3 Å². The minimum atomic E-state index is -4.65. The first kappa shape index (κ1) is 24.0. The van der Waals surface area contributed by atoms with Gasteiger partial charge in [-0.1, -0.05) is 23.7 Å². The number of carbonyl (C=O) groups excluding carboxylic acids is 3. The molecule has 7 nitrogen and oxygen atoms in total. The van der Waals surface area contributed by atoms with Gasteiger partial charge in [-0.2, -0.15) is 13.2 Å². The minimum Gasteiger partial charge on any atom is -0.506 e. The number of hydrogen-bond donors (Lipinski definition) is 2. The fourth-order valence-corrected chi connectivity index (χ4v) is 4.50. The molecule has 0 saturated carbocycles. The normalized spacial score (nSPS) is 20.1. The number of nitrogens with zero attached hydrogens (tertiary/aromatic N) is 2. The number of phenols is 1. The number of nitrogens with one attached hydrogen (secondary N) is 1. The van der Waals surface area contributed by atoms with Gasteiger partial charge in [-0.05, 0) is 56.3 Å². The van der Waals surface area contributed by atoms with Gasteiger partial charge in [0.05, 0.1) is 34.4 Å². The van der Waals surface area contributed by atoms with Crippen molar-refractivity contribution in [2.45, 2.75) is 31.5 Å². The number of para-hydroxylation sites is 2. The van der Waals surface area contributed by atoms with Crippen LogP contribution in [0.1, 0.15) is 24.8 Å². The lowest BCUT2D eigenvalue weighted by Gasteiger charge is -2.34. The van der Waals surface area contributed by atoms with E-state index in [1.807, 2.05) is 0 Å². The molecule has 0 aromatic heterocycles. The number of benzene rings is 2. The summed E-state index contributed by atoms with van der Waals surface area (Å²) in [7, 11) is 0. The first-order valence-corrected chi connectivity index (χ1v) is 11.0. The smallest absolute Gasteiger partial charge is 0.416 e. The van der Waals surface area contributed by atoms with Gasteiger partial charge < -0.3 is 10.4 Å². The number of imide groups is 1. The van der Waals surface area contributed by atoms with Gasteiger partial charge in [0, 0.05) is 5.92 Å². The van der Waals surface area contributed by atoms with Crippen LogP contribution in [0.3, 0.4) is 0 Å². The molecule has 2 N–H and O–H groups in total. The Labute approximate surface area is 198 Å². The number of halogens is 4. The van der Waals surface area contributed by atoms with E-state index in [-0.39, 0.29) is 34.7 Å². The van der Waals surface area contributed by atoms with Crippen molar-refractivity contribution in [1.29, 1.82) is 0 Å². The fraction of sp³-hybridized carbons (Fsp3) is 0.348. The molecule has 2 aliphatic rings. The van der Waals surface area contributed by atoms with Gasteiger partial charge in [0.25, 0.3) is 5.91 Å². The highest BCUT2D eigenvalue weighted by molar-refractivity contribution is 6.36. The lowest BCUT2D eigenvalue weighted by molar-refractivity contribution is -0.137. The van der Waals surface area contributed by atoms with Gasteiger partial charge in [-0.3, -0.25) is 19.3 Å². The number of anilines is 2. The Bertz CT molecular complexity index is 1130. The van der Waals surface area contributed by atoms with E-state index in [1.165, 1.54) is 6.07 Å². The van der Waals surface area contributed by atoms with E-state index in [9.17, 15) is 32.7 Å². The van der Waals surface area contributed by atoms with Gasteiger partial charge in [0.15, 0.2) is 0 Å².